The Kier molecular flexibility index (Phi) is 6.38. The lowest BCUT2D eigenvalue weighted by Crippen LogP contribution is -2.46. The Morgan fingerprint density at radius 3 is 2.62 bits per heavy atom. The highest BCUT2D eigenvalue weighted by atomic mass is 16.5. The summed E-state index contributed by atoms with van der Waals surface area (Å²) in [5.41, 5.74) is 0.812. The number of carboxylic acids is 1. The topological polar surface area (TPSA) is 106 Å². The van der Waals surface area contributed by atoms with Crippen LogP contribution in [0, 0.1) is 0 Å². The number of ether oxygens (including phenoxy) is 1. The fourth-order valence-corrected chi connectivity index (χ4v) is 2.67. The van der Waals surface area contributed by atoms with E-state index in [0.29, 0.717) is 30.6 Å². The number of benzene rings is 1. The van der Waals surface area contributed by atoms with E-state index in [-0.39, 0.29) is 0 Å². The van der Waals surface area contributed by atoms with Crippen molar-refractivity contribution in [3.63, 3.8) is 0 Å². The molecule has 0 spiro atoms. The number of hydrogen-bond donors (Lipinski definition) is 2. The lowest BCUT2D eigenvalue weighted by Gasteiger charge is -2.18. The van der Waals surface area contributed by atoms with E-state index >= 15 is 0 Å². The molecule has 7 heteroatoms. The van der Waals surface area contributed by atoms with Crippen LogP contribution in [0.5, 0.6) is 5.75 Å². The summed E-state index contributed by atoms with van der Waals surface area (Å²) in [5.74, 6) is -1.24. The van der Waals surface area contributed by atoms with Crippen molar-refractivity contribution in [3.05, 3.63) is 40.2 Å². The third-order valence-electron chi connectivity index (χ3n) is 4.06. The molecule has 2 unspecified atom stereocenters. The molecule has 0 fully saturated rings. The van der Waals surface area contributed by atoms with E-state index in [1.807, 2.05) is 13.8 Å². The highest BCUT2D eigenvalue weighted by Gasteiger charge is 2.23. The Labute approximate surface area is 151 Å². The fraction of sp³-hybridized carbons (Fsp3) is 0.421. The first-order valence-electron chi connectivity index (χ1n) is 8.62. The molecule has 0 saturated carbocycles. The summed E-state index contributed by atoms with van der Waals surface area (Å²) < 4.78 is 10.8. The Bertz CT molecular complexity index is 857. The van der Waals surface area contributed by atoms with E-state index in [1.165, 1.54) is 13.0 Å². The van der Waals surface area contributed by atoms with Crippen molar-refractivity contribution in [2.45, 2.75) is 52.2 Å². The van der Waals surface area contributed by atoms with Crippen molar-refractivity contribution in [3.8, 4) is 5.75 Å². The number of rotatable bonds is 8. The molecule has 1 aromatic carbocycles. The molecule has 2 rings (SSSR count). The Hall–Kier alpha value is -2.83. The molecule has 2 N–H and O–H groups in total. The van der Waals surface area contributed by atoms with Gasteiger partial charge in [0, 0.05) is 17.5 Å². The maximum absolute atomic E-state index is 12.2. The first-order chi connectivity index (χ1) is 12.3. The van der Waals surface area contributed by atoms with Crippen molar-refractivity contribution >= 4 is 22.8 Å². The van der Waals surface area contributed by atoms with Crippen LogP contribution >= 0.6 is 0 Å². The van der Waals surface area contributed by atoms with Gasteiger partial charge in [0.05, 0.1) is 0 Å². The highest BCUT2D eigenvalue weighted by molar-refractivity contribution is 5.86. The van der Waals surface area contributed by atoms with Gasteiger partial charge >= 0.3 is 11.6 Å². The van der Waals surface area contributed by atoms with Crippen molar-refractivity contribution in [2.24, 2.45) is 0 Å². The molecule has 0 radical (unpaired) electrons. The predicted molar refractivity (Wildman–Crippen MR) is 96.4 cm³/mol. The molecule has 0 aliphatic carbocycles. The zero-order chi connectivity index (χ0) is 19.3. The Balaban J connectivity index is 2.15. The third-order valence-corrected chi connectivity index (χ3v) is 4.06. The minimum atomic E-state index is -1.08. The molecule has 0 aliphatic heterocycles. The van der Waals surface area contributed by atoms with Crippen LogP contribution in [0.4, 0.5) is 0 Å². The molecule has 1 amide bonds. The molecular weight excluding hydrogens is 338 g/mol. The summed E-state index contributed by atoms with van der Waals surface area (Å²) in [5, 5.41) is 12.4. The first-order valence-corrected chi connectivity index (χ1v) is 8.62. The van der Waals surface area contributed by atoms with Gasteiger partial charge in [-0.1, -0.05) is 20.3 Å². The molecular formula is C19H23NO6. The molecule has 2 atom stereocenters. The Morgan fingerprint density at radius 1 is 1.27 bits per heavy atom. The average molecular weight is 361 g/mol. The zero-order valence-corrected chi connectivity index (χ0v) is 15.1. The van der Waals surface area contributed by atoms with Crippen LogP contribution in [0.15, 0.2) is 33.5 Å². The summed E-state index contributed by atoms with van der Waals surface area (Å²) in [6.07, 6.45) is 0.770. The third kappa shape index (κ3) is 4.62. The molecule has 0 aliphatic rings. The van der Waals surface area contributed by atoms with Crippen LogP contribution in [-0.4, -0.2) is 29.1 Å². The van der Waals surface area contributed by atoms with Gasteiger partial charge in [-0.25, -0.2) is 9.59 Å². The predicted octanol–water partition coefficient (Wildman–Crippen LogP) is 2.49. The van der Waals surface area contributed by atoms with E-state index in [0.717, 1.165) is 10.9 Å². The molecule has 0 bridgehead atoms. The van der Waals surface area contributed by atoms with Crippen LogP contribution < -0.4 is 15.7 Å². The van der Waals surface area contributed by atoms with Gasteiger partial charge in [0.2, 0.25) is 0 Å². The lowest BCUT2D eigenvalue weighted by atomic mass is 10.1. The van der Waals surface area contributed by atoms with Crippen molar-refractivity contribution < 1.29 is 23.8 Å². The monoisotopic (exact) mass is 361 g/mol. The van der Waals surface area contributed by atoms with Gasteiger partial charge in [0.1, 0.15) is 17.4 Å². The number of nitrogens with one attached hydrogen (secondary N) is 1. The van der Waals surface area contributed by atoms with Crippen molar-refractivity contribution in [2.75, 3.05) is 0 Å². The van der Waals surface area contributed by atoms with Crippen LogP contribution in [0.2, 0.25) is 0 Å². The van der Waals surface area contributed by atoms with Gasteiger partial charge in [0.15, 0.2) is 6.10 Å². The SMILES string of the molecule is CCCC(NC(=O)C(C)Oc1ccc2c(CC)cc(=O)oc2c1)C(=O)O. The highest BCUT2D eigenvalue weighted by Crippen LogP contribution is 2.23. The minimum Gasteiger partial charge on any atom is -0.481 e. The number of aryl methyl sites for hydroxylation is 1. The van der Waals surface area contributed by atoms with Crippen LogP contribution in [0.3, 0.4) is 0 Å². The number of carboxylic acid groups (broad SMARTS) is 1. The van der Waals surface area contributed by atoms with E-state index in [2.05, 4.69) is 5.32 Å². The molecule has 0 saturated heterocycles. The number of fused-ring (bicyclic) bond motifs is 1. The van der Waals surface area contributed by atoms with Gasteiger partial charge < -0.3 is 19.6 Å². The summed E-state index contributed by atoms with van der Waals surface area (Å²) in [6, 6.07) is 5.53. The number of carbonyl (C=O) groups is 2. The Morgan fingerprint density at radius 2 is 2.00 bits per heavy atom. The van der Waals surface area contributed by atoms with E-state index in [4.69, 9.17) is 14.3 Å². The summed E-state index contributed by atoms with van der Waals surface area (Å²) in [7, 11) is 0. The number of amides is 1. The lowest BCUT2D eigenvalue weighted by molar-refractivity contribution is -0.143. The summed E-state index contributed by atoms with van der Waals surface area (Å²) in [4.78, 5) is 35.0. The summed E-state index contributed by atoms with van der Waals surface area (Å²) >= 11 is 0. The molecule has 7 nitrogen and oxygen atoms in total. The molecule has 26 heavy (non-hydrogen) atoms. The van der Waals surface area contributed by atoms with Crippen molar-refractivity contribution in [1.29, 1.82) is 0 Å². The van der Waals surface area contributed by atoms with Crippen LogP contribution in [0.25, 0.3) is 11.0 Å². The molecule has 1 aromatic heterocycles. The van der Waals surface area contributed by atoms with E-state index in [9.17, 15) is 14.4 Å². The zero-order valence-electron chi connectivity index (χ0n) is 15.1. The normalized spacial score (nSPS) is 13.2. The fourth-order valence-electron chi connectivity index (χ4n) is 2.67. The number of hydrogen-bond acceptors (Lipinski definition) is 5. The quantitative estimate of drug-likeness (QED) is 0.700. The second-order valence-corrected chi connectivity index (χ2v) is 6.05. The van der Waals surface area contributed by atoms with Crippen LogP contribution in [-0.2, 0) is 16.0 Å². The van der Waals surface area contributed by atoms with Gasteiger partial charge in [-0.05, 0) is 37.5 Å². The molecule has 1 heterocycles. The van der Waals surface area contributed by atoms with Gasteiger partial charge in [0.25, 0.3) is 5.91 Å². The molecule has 140 valence electrons. The first kappa shape index (κ1) is 19.5. The van der Waals surface area contributed by atoms with Gasteiger partial charge in [-0.2, -0.15) is 0 Å². The minimum absolute atomic E-state index is 0.342. The van der Waals surface area contributed by atoms with Gasteiger partial charge in [-0.3, -0.25) is 4.79 Å². The second kappa shape index (κ2) is 8.51. The smallest absolute Gasteiger partial charge is 0.336 e. The largest absolute Gasteiger partial charge is 0.481 e. The molecule has 2 aromatic rings. The van der Waals surface area contributed by atoms with Crippen molar-refractivity contribution in [1.82, 2.24) is 5.32 Å². The number of carbonyl (C=O) groups excluding carboxylic acids is 1. The van der Waals surface area contributed by atoms with Gasteiger partial charge in [-0.15, -0.1) is 0 Å². The standard InChI is InChI=1S/C19H23NO6/c1-4-6-15(19(23)24)20-18(22)11(3)25-13-7-8-14-12(5-2)9-17(21)26-16(14)10-13/h7-11,15H,4-6H2,1-3H3,(H,20,22)(H,23,24). The summed E-state index contributed by atoms with van der Waals surface area (Å²) in [6.45, 7) is 5.32. The maximum atomic E-state index is 12.2. The van der Waals surface area contributed by atoms with E-state index in [1.54, 1.807) is 18.2 Å². The second-order valence-electron chi connectivity index (χ2n) is 6.05. The number of aliphatic carboxylic acids is 1. The van der Waals surface area contributed by atoms with E-state index < -0.39 is 29.6 Å². The maximum Gasteiger partial charge on any atom is 0.336 e. The van der Waals surface area contributed by atoms with Crippen LogP contribution in [0.1, 0.15) is 39.2 Å². The average Bonchev–Trinajstić information content (AvgIpc) is 2.59.